The molecule has 2 unspecified atom stereocenters. The summed E-state index contributed by atoms with van der Waals surface area (Å²) < 4.78 is 45.9. The number of aromatic nitrogens is 2. The maximum Gasteiger partial charge on any atom is 0.329 e. The van der Waals surface area contributed by atoms with E-state index in [1.54, 1.807) is 4.90 Å². The van der Waals surface area contributed by atoms with Crippen LogP contribution in [0.1, 0.15) is 79.3 Å². The molecule has 2 atom stereocenters. The Hall–Kier alpha value is -6.30. The van der Waals surface area contributed by atoms with Crippen LogP contribution >= 0.6 is 11.6 Å². The molecule has 18 heteroatoms. The normalized spacial score (nSPS) is 21.7. The molecule has 71 heavy (non-hydrogen) atoms. The molecule has 374 valence electrons. The first-order valence-electron chi connectivity index (χ1n) is 24.8. The van der Waals surface area contributed by atoms with E-state index in [1.165, 1.54) is 25.3 Å². The molecule has 1 aromatic heterocycles. The number of nitrogens with two attached hydrogens (primary N) is 1. The molecule has 5 amide bonds. The number of ether oxygens (including phenoxy) is 2. The first kappa shape index (κ1) is 48.3. The van der Waals surface area contributed by atoms with E-state index < -0.39 is 35.1 Å². The highest BCUT2D eigenvalue weighted by Gasteiger charge is 2.50. The second kappa shape index (κ2) is 19.7. The molecular weight excluding hydrogens is 932 g/mol. The number of amides is 5. The van der Waals surface area contributed by atoms with Gasteiger partial charge in [0.2, 0.25) is 17.7 Å². The zero-order valence-corrected chi connectivity index (χ0v) is 41.1. The Labute approximate surface area is 416 Å². The Morgan fingerprint density at radius 1 is 0.930 bits per heavy atom. The van der Waals surface area contributed by atoms with Crippen molar-refractivity contribution in [3.8, 4) is 22.6 Å². The van der Waals surface area contributed by atoms with Crippen molar-refractivity contribution < 1.29 is 37.4 Å². The number of rotatable bonds is 12. The van der Waals surface area contributed by atoms with Crippen LogP contribution in [0.25, 0.3) is 22.0 Å². The topological polar surface area (TPSA) is 168 Å². The summed E-state index contributed by atoms with van der Waals surface area (Å²) in [6.45, 7) is 8.44. The molecule has 6 heterocycles. The SMILES string of the molecule is COc1ccc(C(N)=O)c(-c2c(Cl)c(F)cc3c2C(C)C(CNC2CCN(C(=O)C4CCN(CC5CCN(c6cccc7c(N8CCC(=O)NC8=O)nn(C)c67)CC5)CC4)CC2)(c2ccccc2)O3)c1F. The molecule has 4 aromatic carbocycles. The highest BCUT2D eigenvalue weighted by atomic mass is 35.5. The number of carbonyl (C=O) groups is 4. The molecular formula is C53H60ClF2N9O6. The second-order valence-electron chi connectivity index (χ2n) is 19.8. The summed E-state index contributed by atoms with van der Waals surface area (Å²) in [5.74, 6) is -2.02. The number of benzene rings is 4. The fraction of sp³-hybridized carbons (Fsp3) is 0.453. The van der Waals surface area contributed by atoms with Crippen molar-refractivity contribution in [2.75, 3.05) is 75.8 Å². The Balaban J connectivity index is 0.736. The van der Waals surface area contributed by atoms with Crippen molar-refractivity contribution in [2.45, 2.75) is 69.4 Å². The highest BCUT2D eigenvalue weighted by molar-refractivity contribution is 6.34. The monoisotopic (exact) mass is 991 g/mol. The van der Waals surface area contributed by atoms with Crippen molar-refractivity contribution >= 4 is 57.8 Å². The van der Waals surface area contributed by atoms with Gasteiger partial charge in [-0.15, -0.1) is 0 Å². The molecule has 4 saturated heterocycles. The number of primary amides is 1. The van der Waals surface area contributed by atoms with E-state index in [2.05, 4.69) is 26.5 Å². The van der Waals surface area contributed by atoms with E-state index in [0.29, 0.717) is 43.5 Å². The van der Waals surface area contributed by atoms with Crippen molar-refractivity contribution in [3.63, 3.8) is 0 Å². The van der Waals surface area contributed by atoms with Crippen molar-refractivity contribution in [2.24, 2.45) is 24.6 Å². The van der Waals surface area contributed by atoms with Gasteiger partial charge in [-0.25, -0.2) is 13.6 Å². The first-order valence-corrected chi connectivity index (χ1v) is 25.1. The third-order valence-corrected chi connectivity index (χ3v) is 16.1. The van der Waals surface area contributed by atoms with Crippen molar-refractivity contribution in [1.29, 1.82) is 0 Å². The summed E-state index contributed by atoms with van der Waals surface area (Å²) in [4.78, 5) is 59.7. The van der Waals surface area contributed by atoms with Crippen LogP contribution in [0, 0.1) is 23.5 Å². The maximum absolute atomic E-state index is 16.2. The summed E-state index contributed by atoms with van der Waals surface area (Å²) >= 11 is 6.70. The van der Waals surface area contributed by atoms with Crippen molar-refractivity contribution in [3.05, 3.63) is 100 Å². The number of hydrogen-bond donors (Lipinski definition) is 3. The minimum atomic E-state index is -1.08. The van der Waals surface area contributed by atoms with Crippen LogP contribution in [0.2, 0.25) is 5.02 Å². The molecule has 4 fully saturated rings. The number of piperidine rings is 3. The Morgan fingerprint density at radius 3 is 2.35 bits per heavy atom. The van der Waals surface area contributed by atoms with Gasteiger partial charge in [0.25, 0.3) is 0 Å². The number of methoxy groups -OCH3 is 1. The number of para-hydroxylation sites is 1. The highest BCUT2D eigenvalue weighted by Crippen LogP contribution is 2.56. The van der Waals surface area contributed by atoms with Crippen LogP contribution in [-0.4, -0.2) is 115 Å². The molecule has 0 radical (unpaired) electrons. The quantitative estimate of drug-likeness (QED) is 0.115. The second-order valence-corrected chi connectivity index (χ2v) is 20.1. The lowest BCUT2D eigenvalue weighted by Gasteiger charge is -2.40. The lowest BCUT2D eigenvalue weighted by molar-refractivity contribution is -0.138. The summed E-state index contributed by atoms with van der Waals surface area (Å²) in [5, 5.41) is 11.4. The van der Waals surface area contributed by atoms with Crippen LogP contribution < -0.4 is 35.6 Å². The van der Waals surface area contributed by atoms with Gasteiger partial charge in [-0.3, -0.25) is 29.3 Å². The van der Waals surface area contributed by atoms with Crippen LogP contribution in [0.5, 0.6) is 11.5 Å². The minimum absolute atomic E-state index is 0.00288. The number of aryl methyl sites for hydroxylation is 1. The molecule has 5 aliphatic rings. The lowest BCUT2D eigenvalue weighted by atomic mass is 9.77. The molecule has 0 spiro atoms. The lowest BCUT2D eigenvalue weighted by Crippen LogP contribution is -2.52. The average Bonchev–Trinajstić information content (AvgIpc) is 3.86. The largest absolute Gasteiger partial charge is 0.494 e. The van der Waals surface area contributed by atoms with E-state index in [9.17, 15) is 19.2 Å². The van der Waals surface area contributed by atoms with Gasteiger partial charge >= 0.3 is 6.03 Å². The van der Waals surface area contributed by atoms with Crippen LogP contribution in [0.3, 0.4) is 0 Å². The van der Waals surface area contributed by atoms with Crippen LogP contribution in [0.4, 0.5) is 25.1 Å². The summed E-state index contributed by atoms with van der Waals surface area (Å²) in [5.41, 5.74) is 7.60. The molecule has 5 aromatic rings. The molecule has 0 aliphatic carbocycles. The molecule has 0 saturated carbocycles. The fourth-order valence-corrected chi connectivity index (χ4v) is 12.1. The molecule has 10 rings (SSSR count). The number of anilines is 2. The average molecular weight is 993 g/mol. The molecule has 5 aliphatic heterocycles. The number of nitrogens with one attached hydrogen (secondary N) is 2. The fourth-order valence-electron chi connectivity index (χ4n) is 11.8. The van der Waals surface area contributed by atoms with Gasteiger partial charge in [0.05, 0.1) is 28.9 Å². The number of hydrogen-bond acceptors (Lipinski definition) is 10. The summed E-state index contributed by atoms with van der Waals surface area (Å²) in [7, 11) is 3.20. The standard InChI is InChI=1S/C53H60ClF2N9O6/c1-31-43-41(28-38(55)46(54)45(43)44-36(49(57)67)12-13-40(70-3)47(44)56)71-53(31,34-8-5-4-6-9-34)30-58-35-18-25-64(26-19-35)51(68)33-16-21-62(22-17-33)29-32-14-23-63(24-15-32)39-11-7-10-37-48(39)61(2)60-50(37)65-27-20-42(66)59-52(65)69/h4-13,28,31-33,35,58H,14-27,29-30H2,1-3H3,(H2,57,67)(H,59,66,69). The predicted octanol–water partition coefficient (Wildman–Crippen LogP) is 7.33. The number of nitrogens with zero attached hydrogens (tertiary/aromatic N) is 6. The molecule has 4 N–H and O–H groups in total. The number of fused-ring (bicyclic) bond motifs is 2. The van der Waals surface area contributed by atoms with E-state index in [0.717, 1.165) is 93.4 Å². The Morgan fingerprint density at radius 2 is 1.66 bits per heavy atom. The Bertz CT molecular complexity index is 2880. The third kappa shape index (κ3) is 8.94. The van der Waals surface area contributed by atoms with E-state index in [1.807, 2.05) is 66.0 Å². The first-order chi connectivity index (χ1) is 34.3. The van der Waals surface area contributed by atoms with Gasteiger partial charge in [0.15, 0.2) is 23.0 Å². The molecule has 15 nitrogen and oxygen atoms in total. The van der Waals surface area contributed by atoms with Gasteiger partial charge in [-0.1, -0.05) is 54.9 Å². The number of likely N-dealkylation sites (tertiary alicyclic amines) is 2. The minimum Gasteiger partial charge on any atom is -0.494 e. The van der Waals surface area contributed by atoms with E-state index in [-0.39, 0.29) is 63.4 Å². The number of imide groups is 1. The Kier molecular flexibility index (Phi) is 13.4. The number of urea groups is 1. The van der Waals surface area contributed by atoms with Crippen LogP contribution in [-0.2, 0) is 22.2 Å². The van der Waals surface area contributed by atoms with Gasteiger partial charge in [0.1, 0.15) is 11.6 Å². The zero-order valence-electron chi connectivity index (χ0n) is 40.3. The zero-order chi connectivity index (χ0) is 49.7. The summed E-state index contributed by atoms with van der Waals surface area (Å²) in [6.07, 6.45) is 5.51. The van der Waals surface area contributed by atoms with Gasteiger partial charge in [0, 0.05) is 105 Å². The number of halogens is 3. The van der Waals surface area contributed by atoms with E-state index in [4.69, 9.17) is 31.9 Å². The van der Waals surface area contributed by atoms with Gasteiger partial charge in [-0.05, 0) is 87.4 Å². The maximum atomic E-state index is 16.2. The molecule has 0 bridgehead atoms. The predicted molar refractivity (Wildman–Crippen MR) is 267 cm³/mol. The summed E-state index contributed by atoms with van der Waals surface area (Å²) in [6, 6.07) is 19.2. The third-order valence-electron chi connectivity index (χ3n) is 15.8. The number of carbonyl (C=O) groups excluding carboxylic acids is 4. The smallest absolute Gasteiger partial charge is 0.329 e. The van der Waals surface area contributed by atoms with Gasteiger partial charge < -0.3 is 35.2 Å². The van der Waals surface area contributed by atoms with Crippen molar-refractivity contribution in [1.82, 2.24) is 30.2 Å². The van der Waals surface area contributed by atoms with Gasteiger partial charge in [-0.2, -0.15) is 5.10 Å². The van der Waals surface area contributed by atoms with E-state index >= 15 is 8.78 Å². The van der Waals surface area contributed by atoms with Crippen LogP contribution in [0.15, 0.2) is 66.7 Å².